The predicted octanol–water partition coefficient (Wildman–Crippen LogP) is -4.96. The molecule has 0 heterocycles. The van der Waals surface area contributed by atoms with Crippen LogP contribution in [0.4, 0.5) is 0 Å². The van der Waals surface area contributed by atoms with Crippen LogP contribution in [0, 0.1) is 0 Å². The maximum absolute atomic E-state index is 11.4. The second kappa shape index (κ2) is 8.34. The second-order valence-corrected chi connectivity index (χ2v) is 3.47. The first kappa shape index (κ1) is 17.2. The number of hydrogen-bond donors (Lipinski definition) is 7. The maximum atomic E-state index is 11.4. The van der Waals surface area contributed by atoms with Gasteiger partial charge in [-0.3, -0.25) is 30.2 Å². The maximum Gasteiger partial charge on any atom is 0.260 e. The summed E-state index contributed by atoms with van der Waals surface area (Å²) in [4.78, 5) is 34.1. The highest BCUT2D eigenvalue weighted by Crippen LogP contribution is 1.99. The molecule has 11 nitrogen and oxygen atoms in total. The van der Waals surface area contributed by atoms with E-state index in [2.05, 4.69) is 5.43 Å². The summed E-state index contributed by atoms with van der Waals surface area (Å²) in [7, 11) is 0. The number of nitrogens with one attached hydrogen (secondary N) is 3. The van der Waals surface area contributed by atoms with Crippen molar-refractivity contribution in [1.29, 1.82) is 0 Å². The Hall–Kier alpha value is -1.79. The first-order valence-electron chi connectivity index (χ1n) is 5.21. The predicted molar refractivity (Wildman–Crippen MR) is 62.1 cm³/mol. The summed E-state index contributed by atoms with van der Waals surface area (Å²) in [6, 6.07) is -2.63. The third kappa shape index (κ3) is 4.76. The SMILES string of the molecule is CC(=O)N(N[C@@H](CO)C(=O)NN)C(CO)C(=O)NN. The average Bonchev–Trinajstić information content (AvgIpc) is 2.41. The Morgan fingerprint density at radius 2 is 1.63 bits per heavy atom. The highest BCUT2D eigenvalue weighted by molar-refractivity contribution is 5.87. The van der Waals surface area contributed by atoms with Gasteiger partial charge in [-0.2, -0.15) is 0 Å². The highest BCUT2D eigenvalue weighted by atomic mass is 16.3. The molecule has 0 rings (SSSR count). The topological polar surface area (TPSA) is 183 Å². The fourth-order valence-corrected chi connectivity index (χ4v) is 1.23. The molecule has 0 saturated carbocycles. The number of aliphatic hydroxyl groups is 2. The molecule has 19 heavy (non-hydrogen) atoms. The van der Waals surface area contributed by atoms with E-state index in [1.54, 1.807) is 10.9 Å². The van der Waals surface area contributed by atoms with Crippen molar-refractivity contribution in [2.75, 3.05) is 13.2 Å². The van der Waals surface area contributed by atoms with E-state index in [-0.39, 0.29) is 0 Å². The molecule has 1 unspecified atom stereocenters. The standard InChI is InChI=1S/C8H18N6O5/c1-4(17)14(6(3-16)8(19)12-10)13-5(2-15)7(18)11-9/h5-6,13,15-16H,2-3,9-10H2,1H3,(H,11,18)(H,12,19)/t5-,6?/m0/s1. The van der Waals surface area contributed by atoms with Crippen LogP contribution in [0.25, 0.3) is 0 Å². The van der Waals surface area contributed by atoms with Crippen LogP contribution in [0.3, 0.4) is 0 Å². The van der Waals surface area contributed by atoms with Gasteiger partial charge >= 0.3 is 0 Å². The van der Waals surface area contributed by atoms with Crippen molar-refractivity contribution in [3.63, 3.8) is 0 Å². The van der Waals surface area contributed by atoms with E-state index >= 15 is 0 Å². The minimum atomic E-state index is -1.36. The van der Waals surface area contributed by atoms with Crippen LogP contribution in [0.15, 0.2) is 0 Å². The molecule has 0 spiro atoms. The molecule has 0 aromatic rings. The average molecular weight is 278 g/mol. The van der Waals surface area contributed by atoms with E-state index in [9.17, 15) is 14.4 Å². The normalized spacial score (nSPS) is 13.3. The summed E-state index contributed by atoms with van der Waals surface area (Å²) < 4.78 is 0. The molecule has 2 atom stereocenters. The highest BCUT2D eigenvalue weighted by Gasteiger charge is 2.30. The molecule has 0 aromatic carbocycles. The molecule has 0 aliphatic carbocycles. The molecule has 110 valence electrons. The molecule has 11 heteroatoms. The van der Waals surface area contributed by atoms with Crippen LogP contribution in [0.1, 0.15) is 6.92 Å². The second-order valence-electron chi connectivity index (χ2n) is 3.47. The Balaban J connectivity index is 5.04. The van der Waals surface area contributed by atoms with Crippen molar-refractivity contribution in [2.45, 2.75) is 19.0 Å². The molecule has 9 N–H and O–H groups in total. The summed E-state index contributed by atoms with van der Waals surface area (Å²) in [6.07, 6.45) is 0. The molecular formula is C8H18N6O5. The molecule has 0 aliphatic rings. The Labute approximate surface area is 108 Å². The van der Waals surface area contributed by atoms with E-state index in [0.717, 1.165) is 6.92 Å². The van der Waals surface area contributed by atoms with E-state index in [0.29, 0.717) is 5.01 Å². The van der Waals surface area contributed by atoms with Crippen molar-refractivity contribution in [1.82, 2.24) is 21.3 Å². The van der Waals surface area contributed by atoms with Crippen molar-refractivity contribution in [3.05, 3.63) is 0 Å². The number of aliphatic hydroxyl groups excluding tert-OH is 2. The van der Waals surface area contributed by atoms with Gasteiger partial charge in [0.05, 0.1) is 13.2 Å². The van der Waals surface area contributed by atoms with E-state index in [1.165, 1.54) is 0 Å². The quantitative estimate of drug-likeness (QED) is 0.137. The zero-order chi connectivity index (χ0) is 15.0. The smallest absolute Gasteiger partial charge is 0.260 e. The van der Waals surface area contributed by atoms with Crippen LogP contribution < -0.4 is 28.0 Å². The van der Waals surface area contributed by atoms with Gasteiger partial charge in [0.1, 0.15) is 6.04 Å². The van der Waals surface area contributed by atoms with Crippen LogP contribution in [0.2, 0.25) is 0 Å². The Bertz CT molecular complexity index is 338. The number of hydrogen-bond acceptors (Lipinski definition) is 8. The minimum Gasteiger partial charge on any atom is -0.394 e. The number of hydrazine groups is 3. The number of carbonyl (C=O) groups is 3. The summed E-state index contributed by atoms with van der Waals surface area (Å²) in [5.41, 5.74) is 5.82. The third-order valence-corrected chi connectivity index (χ3v) is 2.21. The summed E-state index contributed by atoms with van der Waals surface area (Å²) in [5, 5.41) is 18.8. The monoisotopic (exact) mass is 278 g/mol. The molecule has 0 bridgehead atoms. The van der Waals surface area contributed by atoms with Gasteiger partial charge in [0.2, 0.25) is 5.91 Å². The molecular weight excluding hydrogens is 260 g/mol. The van der Waals surface area contributed by atoms with Gasteiger partial charge in [0.15, 0.2) is 6.04 Å². The van der Waals surface area contributed by atoms with Gasteiger partial charge in [-0.15, -0.1) is 0 Å². The Morgan fingerprint density at radius 1 is 1.11 bits per heavy atom. The lowest BCUT2D eigenvalue weighted by Gasteiger charge is -2.31. The van der Waals surface area contributed by atoms with Crippen molar-refractivity contribution >= 4 is 17.7 Å². The molecule has 3 amide bonds. The number of rotatable bonds is 7. The number of nitrogens with two attached hydrogens (primary N) is 2. The number of carbonyl (C=O) groups excluding carboxylic acids is 3. The van der Waals surface area contributed by atoms with Gasteiger partial charge in [-0.05, 0) is 0 Å². The molecule has 0 aromatic heterocycles. The van der Waals surface area contributed by atoms with Gasteiger partial charge in [-0.25, -0.2) is 17.1 Å². The zero-order valence-electron chi connectivity index (χ0n) is 10.3. The first-order chi connectivity index (χ1) is 8.92. The van der Waals surface area contributed by atoms with Crippen LogP contribution in [-0.2, 0) is 14.4 Å². The molecule has 0 aliphatic heterocycles. The fourth-order valence-electron chi connectivity index (χ4n) is 1.23. The van der Waals surface area contributed by atoms with E-state index in [4.69, 9.17) is 21.9 Å². The van der Waals surface area contributed by atoms with Crippen molar-refractivity contribution in [2.24, 2.45) is 11.7 Å². The Morgan fingerprint density at radius 3 is 1.95 bits per heavy atom. The fraction of sp³-hybridized carbons (Fsp3) is 0.625. The van der Waals surface area contributed by atoms with E-state index in [1.807, 2.05) is 0 Å². The van der Waals surface area contributed by atoms with Crippen LogP contribution in [0.5, 0.6) is 0 Å². The largest absolute Gasteiger partial charge is 0.394 e. The lowest BCUT2D eigenvalue weighted by molar-refractivity contribution is -0.147. The summed E-state index contributed by atoms with van der Waals surface area (Å²) >= 11 is 0. The van der Waals surface area contributed by atoms with Gasteiger partial charge < -0.3 is 10.2 Å². The number of nitrogens with zero attached hydrogens (tertiary/aromatic N) is 1. The van der Waals surface area contributed by atoms with Crippen LogP contribution >= 0.6 is 0 Å². The van der Waals surface area contributed by atoms with Gasteiger partial charge in [0, 0.05) is 6.92 Å². The van der Waals surface area contributed by atoms with Crippen molar-refractivity contribution in [3.8, 4) is 0 Å². The molecule has 0 radical (unpaired) electrons. The Kier molecular flexibility index (Phi) is 7.55. The third-order valence-electron chi connectivity index (χ3n) is 2.21. The minimum absolute atomic E-state index is 0.675. The van der Waals surface area contributed by atoms with Gasteiger partial charge in [-0.1, -0.05) is 0 Å². The van der Waals surface area contributed by atoms with Crippen LogP contribution in [-0.4, -0.2) is 58.2 Å². The lowest BCUT2D eigenvalue weighted by Crippen LogP contribution is -2.63. The summed E-state index contributed by atoms with van der Waals surface area (Å²) in [5.74, 6) is 7.47. The number of amides is 3. The van der Waals surface area contributed by atoms with E-state index < -0.39 is 43.0 Å². The van der Waals surface area contributed by atoms with Crippen molar-refractivity contribution < 1.29 is 24.6 Å². The summed E-state index contributed by atoms with van der Waals surface area (Å²) in [6.45, 7) is -0.332. The zero-order valence-corrected chi connectivity index (χ0v) is 10.3. The molecule has 0 saturated heterocycles. The molecule has 0 fully saturated rings. The first-order valence-corrected chi connectivity index (χ1v) is 5.21. The van der Waals surface area contributed by atoms with Gasteiger partial charge in [0.25, 0.3) is 11.8 Å². The lowest BCUT2D eigenvalue weighted by atomic mass is 10.2.